The van der Waals surface area contributed by atoms with Crippen LogP contribution in [0.1, 0.15) is 22.1 Å². The van der Waals surface area contributed by atoms with Crippen LogP contribution in [0.25, 0.3) is 10.9 Å². The number of aromatic amines is 1. The number of nitrogens with one attached hydrogen (secondary N) is 1. The van der Waals surface area contributed by atoms with Crippen molar-refractivity contribution in [2.24, 2.45) is 0 Å². The number of hydrogen-bond donors (Lipinski definition) is 1. The van der Waals surface area contributed by atoms with E-state index in [1.165, 1.54) is 0 Å². The lowest BCUT2D eigenvalue weighted by molar-refractivity contribution is 0.0635. The Hall–Kier alpha value is -3.61. The van der Waals surface area contributed by atoms with Crippen molar-refractivity contribution in [3.05, 3.63) is 78.5 Å². The van der Waals surface area contributed by atoms with Crippen LogP contribution in [0.5, 0.6) is 5.75 Å². The third kappa shape index (κ3) is 2.90. The maximum absolute atomic E-state index is 13.3. The molecule has 28 heavy (non-hydrogen) atoms. The summed E-state index contributed by atoms with van der Waals surface area (Å²) in [6.45, 7) is 1.48. The van der Waals surface area contributed by atoms with Crippen LogP contribution in [0.4, 0.5) is 0 Å². The van der Waals surface area contributed by atoms with Gasteiger partial charge in [-0.15, -0.1) is 0 Å². The highest BCUT2D eigenvalue weighted by Crippen LogP contribution is 2.25. The summed E-state index contributed by atoms with van der Waals surface area (Å²) in [6, 6.07) is 13.4. The van der Waals surface area contributed by atoms with Crippen molar-refractivity contribution in [3.8, 4) is 5.75 Å². The van der Waals surface area contributed by atoms with Gasteiger partial charge >= 0.3 is 0 Å². The van der Waals surface area contributed by atoms with E-state index in [1.54, 1.807) is 24.8 Å². The monoisotopic (exact) mass is 373 g/mol. The summed E-state index contributed by atoms with van der Waals surface area (Å²) in [5, 5.41) is 5.37. The molecule has 4 aromatic rings. The predicted octanol–water partition coefficient (Wildman–Crippen LogP) is 3.04. The number of aromatic nitrogens is 4. The molecule has 7 heteroatoms. The molecule has 0 fully saturated rings. The highest BCUT2D eigenvalue weighted by Gasteiger charge is 2.30. The van der Waals surface area contributed by atoms with Gasteiger partial charge in [-0.25, -0.2) is 0 Å². The highest BCUT2D eigenvalue weighted by molar-refractivity contribution is 6.06. The molecule has 0 saturated carbocycles. The van der Waals surface area contributed by atoms with Crippen LogP contribution < -0.4 is 4.74 Å². The van der Waals surface area contributed by atoms with Crippen LogP contribution in [0, 0.1) is 0 Å². The molecule has 140 valence electrons. The van der Waals surface area contributed by atoms with Gasteiger partial charge in [-0.3, -0.25) is 14.5 Å². The minimum atomic E-state index is -0.0619. The number of rotatable bonds is 4. The first kappa shape index (κ1) is 16.6. The predicted molar refractivity (Wildman–Crippen MR) is 104 cm³/mol. The maximum Gasteiger partial charge on any atom is 0.256 e. The molecule has 7 nitrogen and oxygen atoms in total. The summed E-state index contributed by atoms with van der Waals surface area (Å²) in [4.78, 5) is 22.4. The van der Waals surface area contributed by atoms with Gasteiger partial charge in [-0.1, -0.05) is 18.2 Å². The van der Waals surface area contributed by atoms with Gasteiger partial charge in [0, 0.05) is 36.0 Å². The highest BCUT2D eigenvalue weighted by atomic mass is 16.5. The lowest BCUT2D eigenvalue weighted by atomic mass is 10.1. The lowest BCUT2D eigenvalue weighted by Gasteiger charge is -2.33. The van der Waals surface area contributed by atoms with Gasteiger partial charge in [0.1, 0.15) is 18.4 Å². The molecule has 0 aliphatic carbocycles. The molecule has 0 unspecified atom stereocenters. The number of para-hydroxylation sites is 1. The Morgan fingerprint density at radius 2 is 2.11 bits per heavy atom. The van der Waals surface area contributed by atoms with Crippen molar-refractivity contribution in [3.63, 3.8) is 0 Å². The molecule has 1 aliphatic rings. The Balaban J connectivity index is 1.40. The number of H-pyrrole nitrogens is 1. The Morgan fingerprint density at radius 3 is 3.00 bits per heavy atom. The molecule has 1 atom stereocenters. The molecule has 0 bridgehead atoms. The molecule has 1 aromatic carbocycles. The van der Waals surface area contributed by atoms with Crippen molar-refractivity contribution in [2.45, 2.75) is 12.6 Å². The van der Waals surface area contributed by atoms with Crippen molar-refractivity contribution in [1.29, 1.82) is 0 Å². The zero-order valence-corrected chi connectivity index (χ0v) is 15.2. The quantitative estimate of drug-likeness (QED) is 0.597. The van der Waals surface area contributed by atoms with Crippen LogP contribution in [0.2, 0.25) is 0 Å². The number of benzene rings is 1. The normalized spacial score (nSPS) is 16.1. The number of hydrogen-bond acceptors (Lipinski definition) is 4. The van der Waals surface area contributed by atoms with Crippen molar-refractivity contribution >= 4 is 16.8 Å². The summed E-state index contributed by atoms with van der Waals surface area (Å²) in [6.07, 6.45) is 6.95. The lowest BCUT2D eigenvalue weighted by Crippen LogP contribution is -2.43. The van der Waals surface area contributed by atoms with Gasteiger partial charge in [0.05, 0.1) is 24.0 Å². The van der Waals surface area contributed by atoms with Crippen molar-refractivity contribution in [2.75, 3.05) is 13.2 Å². The zero-order chi connectivity index (χ0) is 18.9. The number of ether oxygens (including phenoxy) is 1. The van der Waals surface area contributed by atoms with E-state index in [1.807, 2.05) is 52.0 Å². The molecule has 5 rings (SSSR count). The number of pyridine rings is 1. The molecule has 0 spiro atoms. The Kier molecular flexibility index (Phi) is 4.05. The first-order valence-corrected chi connectivity index (χ1v) is 9.20. The van der Waals surface area contributed by atoms with E-state index >= 15 is 0 Å². The number of fused-ring (bicyclic) bond motifs is 2. The van der Waals surface area contributed by atoms with Gasteiger partial charge in [0.25, 0.3) is 5.91 Å². The maximum atomic E-state index is 13.3. The molecule has 4 heterocycles. The summed E-state index contributed by atoms with van der Waals surface area (Å²) in [5.74, 6) is 0.715. The summed E-state index contributed by atoms with van der Waals surface area (Å²) < 4.78 is 7.85. The average molecular weight is 373 g/mol. The Bertz CT molecular complexity index is 1120. The summed E-state index contributed by atoms with van der Waals surface area (Å²) in [5.41, 5.74) is 2.65. The molecule has 0 radical (unpaired) electrons. The second-order valence-corrected chi connectivity index (χ2v) is 6.85. The Labute approximate surface area is 161 Å². The fourth-order valence-corrected chi connectivity index (χ4v) is 3.71. The molecular formula is C21H19N5O2. The van der Waals surface area contributed by atoms with E-state index < -0.39 is 0 Å². The van der Waals surface area contributed by atoms with Crippen LogP contribution >= 0.6 is 0 Å². The van der Waals surface area contributed by atoms with Crippen molar-refractivity contribution < 1.29 is 9.53 Å². The van der Waals surface area contributed by atoms with Crippen LogP contribution in [0.3, 0.4) is 0 Å². The van der Waals surface area contributed by atoms with Crippen LogP contribution in [0.15, 0.2) is 67.3 Å². The second-order valence-electron chi connectivity index (χ2n) is 6.85. The molecule has 0 saturated heterocycles. The summed E-state index contributed by atoms with van der Waals surface area (Å²) >= 11 is 0. The van der Waals surface area contributed by atoms with Gasteiger partial charge in [-0.2, -0.15) is 5.10 Å². The minimum Gasteiger partial charge on any atom is -0.490 e. The summed E-state index contributed by atoms with van der Waals surface area (Å²) in [7, 11) is 0. The number of amides is 1. The van der Waals surface area contributed by atoms with Crippen LogP contribution in [-0.2, 0) is 6.54 Å². The number of carbonyl (C=O) groups excluding carboxylic acids is 1. The fraction of sp³-hybridized carbons (Fsp3) is 0.190. The first-order chi connectivity index (χ1) is 13.8. The van der Waals surface area contributed by atoms with Gasteiger partial charge in [0.2, 0.25) is 0 Å². The van der Waals surface area contributed by atoms with Gasteiger partial charge in [-0.05, 0) is 24.3 Å². The van der Waals surface area contributed by atoms with Gasteiger partial charge < -0.3 is 14.6 Å². The van der Waals surface area contributed by atoms with E-state index in [0.717, 1.165) is 16.6 Å². The molecule has 3 aromatic heterocycles. The second kappa shape index (κ2) is 6.84. The largest absolute Gasteiger partial charge is 0.490 e. The molecule has 1 amide bonds. The zero-order valence-electron chi connectivity index (χ0n) is 15.2. The third-order valence-corrected chi connectivity index (χ3v) is 5.07. The van der Waals surface area contributed by atoms with Crippen molar-refractivity contribution in [1.82, 2.24) is 24.6 Å². The van der Waals surface area contributed by atoms with E-state index in [0.29, 0.717) is 31.0 Å². The first-order valence-electron chi connectivity index (χ1n) is 9.20. The number of nitrogens with zero attached hydrogens (tertiary/aromatic N) is 4. The topological polar surface area (TPSA) is 76.0 Å². The van der Waals surface area contributed by atoms with E-state index in [9.17, 15) is 4.79 Å². The standard InChI is InChI=1S/C21H19N5O2/c27-21(19-11-23-20-6-2-1-5-18(19)20)25-12-15-7-9-24-26(15)16(13-25)14-28-17-4-3-8-22-10-17/h1-11,16,23H,12-14H2/t16-/m0/s1. The molecular weight excluding hydrogens is 354 g/mol. The smallest absolute Gasteiger partial charge is 0.256 e. The average Bonchev–Trinajstić information content (AvgIpc) is 3.39. The van der Waals surface area contributed by atoms with E-state index in [4.69, 9.17) is 4.74 Å². The van der Waals surface area contributed by atoms with E-state index in [-0.39, 0.29) is 11.9 Å². The minimum absolute atomic E-state index is 0.0104. The molecule has 1 N–H and O–H groups in total. The van der Waals surface area contributed by atoms with E-state index in [2.05, 4.69) is 15.1 Å². The third-order valence-electron chi connectivity index (χ3n) is 5.07. The molecule has 1 aliphatic heterocycles. The van der Waals surface area contributed by atoms with Gasteiger partial charge in [0.15, 0.2) is 0 Å². The Morgan fingerprint density at radius 1 is 1.18 bits per heavy atom. The van der Waals surface area contributed by atoms with Crippen LogP contribution in [-0.4, -0.2) is 43.7 Å². The fourth-order valence-electron chi connectivity index (χ4n) is 3.71. The SMILES string of the molecule is O=C(c1c[nH]c2ccccc12)N1Cc2ccnn2[C@H](COc2cccnc2)C1. The number of carbonyl (C=O) groups is 1.